The van der Waals surface area contributed by atoms with Crippen LogP contribution >= 0.6 is 11.6 Å². The van der Waals surface area contributed by atoms with Gasteiger partial charge in [-0.25, -0.2) is 0 Å². The lowest BCUT2D eigenvalue weighted by Gasteiger charge is -2.22. The standard InChI is InChI=1S/C22H22ClNO3/c1-15(27-21-7-5-4-6-20(21)23)22(25)24(2)14-16-8-9-18-13-19(26-3)11-10-17(18)12-16/h4-13,15H,14H2,1-3H3. The number of para-hydroxylation sites is 1. The molecule has 1 amide bonds. The third-order valence-corrected chi connectivity index (χ3v) is 4.71. The number of ether oxygens (including phenoxy) is 2. The van der Waals surface area contributed by atoms with Gasteiger partial charge >= 0.3 is 0 Å². The number of fused-ring (bicyclic) bond motifs is 1. The van der Waals surface area contributed by atoms with E-state index in [0.29, 0.717) is 17.3 Å². The van der Waals surface area contributed by atoms with Crippen LogP contribution in [0.2, 0.25) is 5.02 Å². The fraction of sp³-hybridized carbons (Fsp3) is 0.227. The van der Waals surface area contributed by atoms with E-state index >= 15 is 0 Å². The third kappa shape index (κ3) is 4.52. The van der Waals surface area contributed by atoms with Crippen molar-refractivity contribution in [1.29, 1.82) is 0 Å². The number of nitrogens with zero attached hydrogens (tertiary/aromatic N) is 1. The second-order valence-corrected chi connectivity index (χ2v) is 6.84. The predicted molar refractivity (Wildman–Crippen MR) is 109 cm³/mol. The lowest BCUT2D eigenvalue weighted by atomic mass is 10.1. The monoisotopic (exact) mass is 383 g/mol. The van der Waals surface area contributed by atoms with E-state index in [1.165, 1.54) is 0 Å². The molecule has 0 saturated heterocycles. The minimum Gasteiger partial charge on any atom is -0.497 e. The van der Waals surface area contributed by atoms with Gasteiger partial charge in [0.2, 0.25) is 0 Å². The highest BCUT2D eigenvalue weighted by molar-refractivity contribution is 6.32. The minimum absolute atomic E-state index is 0.107. The molecule has 0 N–H and O–H groups in total. The lowest BCUT2D eigenvalue weighted by molar-refractivity contribution is -0.137. The summed E-state index contributed by atoms with van der Waals surface area (Å²) in [5, 5.41) is 2.70. The highest BCUT2D eigenvalue weighted by Crippen LogP contribution is 2.25. The van der Waals surface area contributed by atoms with Crippen molar-refractivity contribution in [2.75, 3.05) is 14.2 Å². The Labute approximate surface area is 164 Å². The number of hydrogen-bond donors (Lipinski definition) is 0. The van der Waals surface area contributed by atoms with E-state index in [1.54, 1.807) is 38.1 Å². The molecule has 0 saturated carbocycles. The molecular weight excluding hydrogens is 362 g/mol. The van der Waals surface area contributed by atoms with Crippen molar-refractivity contribution >= 4 is 28.3 Å². The first-order valence-electron chi connectivity index (χ1n) is 8.71. The Kier molecular flexibility index (Phi) is 5.87. The molecule has 0 heterocycles. The number of rotatable bonds is 6. The molecule has 0 fully saturated rings. The van der Waals surface area contributed by atoms with Crippen LogP contribution in [-0.2, 0) is 11.3 Å². The van der Waals surface area contributed by atoms with Gasteiger partial charge in [-0.2, -0.15) is 0 Å². The van der Waals surface area contributed by atoms with Crippen LogP contribution < -0.4 is 9.47 Å². The molecule has 0 spiro atoms. The number of amides is 1. The second kappa shape index (κ2) is 8.31. The molecule has 0 radical (unpaired) electrons. The van der Waals surface area contributed by atoms with Gasteiger partial charge in [0.25, 0.3) is 5.91 Å². The molecule has 1 unspecified atom stereocenters. The number of methoxy groups -OCH3 is 1. The van der Waals surface area contributed by atoms with Gasteiger partial charge in [0.1, 0.15) is 11.5 Å². The highest BCUT2D eigenvalue weighted by Gasteiger charge is 2.20. The first-order chi connectivity index (χ1) is 13.0. The maximum Gasteiger partial charge on any atom is 0.263 e. The third-order valence-electron chi connectivity index (χ3n) is 4.40. The van der Waals surface area contributed by atoms with Gasteiger partial charge in [-0.15, -0.1) is 0 Å². The smallest absolute Gasteiger partial charge is 0.263 e. The molecular formula is C22H22ClNO3. The van der Waals surface area contributed by atoms with Crippen molar-refractivity contribution in [2.24, 2.45) is 0 Å². The Morgan fingerprint density at radius 2 is 1.78 bits per heavy atom. The lowest BCUT2D eigenvalue weighted by Crippen LogP contribution is -2.37. The molecule has 5 heteroatoms. The van der Waals surface area contributed by atoms with E-state index in [4.69, 9.17) is 21.1 Å². The Morgan fingerprint density at radius 1 is 1.07 bits per heavy atom. The largest absolute Gasteiger partial charge is 0.497 e. The molecule has 3 aromatic rings. The number of halogens is 1. The van der Waals surface area contributed by atoms with Crippen LogP contribution in [0.25, 0.3) is 10.8 Å². The van der Waals surface area contributed by atoms with Gasteiger partial charge in [0.15, 0.2) is 6.10 Å². The first-order valence-corrected chi connectivity index (χ1v) is 9.08. The van der Waals surface area contributed by atoms with E-state index in [0.717, 1.165) is 22.1 Å². The van der Waals surface area contributed by atoms with Crippen LogP contribution in [0, 0.1) is 0 Å². The molecule has 0 aliphatic heterocycles. The predicted octanol–water partition coefficient (Wildman–Crippen LogP) is 4.93. The van der Waals surface area contributed by atoms with E-state index in [1.807, 2.05) is 42.5 Å². The summed E-state index contributed by atoms with van der Waals surface area (Å²) in [6, 6.07) is 19.2. The summed E-state index contributed by atoms with van der Waals surface area (Å²) in [5.74, 6) is 1.23. The quantitative estimate of drug-likeness (QED) is 0.606. The van der Waals surface area contributed by atoms with Crippen molar-refractivity contribution in [3.8, 4) is 11.5 Å². The number of hydrogen-bond acceptors (Lipinski definition) is 3. The summed E-state index contributed by atoms with van der Waals surface area (Å²) in [6.45, 7) is 2.23. The van der Waals surface area contributed by atoms with Gasteiger partial charge in [-0.3, -0.25) is 4.79 Å². The van der Waals surface area contributed by atoms with Crippen molar-refractivity contribution < 1.29 is 14.3 Å². The zero-order chi connectivity index (χ0) is 19.4. The number of likely N-dealkylation sites (N-methyl/N-ethyl adjacent to an activating group) is 1. The topological polar surface area (TPSA) is 38.8 Å². The molecule has 0 aromatic heterocycles. The van der Waals surface area contributed by atoms with Crippen LogP contribution in [0.5, 0.6) is 11.5 Å². The zero-order valence-electron chi connectivity index (χ0n) is 15.6. The molecule has 0 bridgehead atoms. The molecule has 3 aromatic carbocycles. The summed E-state index contributed by atoms with van der Waals surface area (Å²) < 4.78 is 11.0. The fourth-order valence-electron chi connectivity index (χ4n) is 2.94. The average molecular weight is 384 g/mol. The average Bonchev–Trinajstić information content (AvgIpc) is 2.68. The maximum absolute atomic E-state index is 12.7. The van der Waals surface area contributed by atoms with Crippen LogP contribution in [0.3, 0.4) is 0 Å². The van der Waals surface area contributed by atoms with Crippen LogP contribution in [0.15, 0.2) is 60.7 Å². The van der Waals surface area contributed by atoms with Crippen molar-refractivity contribution in [1.82, 2.24) is 4.90 Å². The molecule has 27 heavy (non-hydrogen) atoms. The van der Waals surface area contributed by atoms with Crippen LogP contribution in [0.4, 0.5) is 0 Å². The Balaban J connectivity index is 1.68. The molecule has 0 aliphatic carbocycles. The summed E-state index contributed by atoms with van der Waals surface area (Å²) >= 11 is 6.10. The fourth-order valence-corrected chi connectivity index (χ4v) is 3.12. The zero-order valence-corrected chi connectivity index (χ0v) is 16.4. The van der Waals surface area contributed by atoms with E-state index < -0.39 is 6.10 Å². The maximum atomic E-state index is 12.7. The summed E-state index contributed by atoms with van der Waals surface area (Å²) in [5.41, 5.74) is 1.05. The number of carbonyl (C=O) groups is 1. The van der Waals surface area contributed by atoms with E-state index in [2.05, 4.69) is 6.07 Å². The van der Waals surface area contributed by atoms with Crippen molar-refractivity contribution in [3.05, 3.63) is 71.2 Å². The van der Waals surface area contributed by atoms with E-state index in [9.17, 15) is 4.79 Å². The Bertz CT molecular complexity index is 957. The van der Waals surface area contributed by atoms with Crippen LogP contribution in [0.1, 0.15) is 12.5 Å². The van der Waals surface area contributed by atoms with Crippen molar-refractivity contribution in [2.45, 2.75) is 19.6 Å². The summed E-state index contributed by atoms with van der Waals surface area (Å²) in [7, 11) is 3.43. The molecule has 1 atom stereocenters. The molecule has 140 valence electrons. The SMILES string of the molecule is COc1ccc2cc(CN(C)C(=O)C(C)Oc3ccccc3Cl)ccc2c1. The Morgan fingerprint density at radius 3 is 2.52 bits per heavy atom. The van der Waals surface area contributed by atoms with Gasteiger partial charge in [0, 0.05) is 13.6 Å². The molecule has 3 rings (SSSR count). The first kappa shape index (κ1) is 19.1. The minimum atomic E-state index is -0.625. The van der Waals surface area contributed by atoms with Gasteiger partial charge in [-0.05, 0) is 53.6 Å². The van der Waals surface area contributed by atoms with E-state index in [-0.39, 0.29) is 5.91 Å². The number of carbonyl (C=O) groups excluding carboxylic acids is 1. The number of benzene rings is 3. The Hall–Kier alpha value is -2.72. The van der Waals surface area contributed by atoms with Crippen molar-refractivity contribution in [3.63, 3.8) is 0 Å². The highest BCUT2D eigenvalue weighted by atomic mass is 35.5. The normalized spacial score (nSPS) is 11.9. The van der Waals surface area contributed by atoms with Crippen LogP contribution in [-0.4, -0.2) is 31.1 Å². The summed E-state index contributed by atoms with van der Waals surface area (Å²) in [4.78, 5) is 14.3. The second-order valence-electron chi connectivity index (χ2n) is 6.43. The van der Waals surface area contributed by atoms with Gasteiger partial charge in [-0.1, -0.05) is 41.9 Å². The summed E-state index contributed by atoms with van der Waals surface area (Å²) in [6.07, 6.45) is -0.625. The molecule has 4 nitrogen and oxygen atoms in total. The molecule has 0 aliphatic rings. The van der Waals surface area contributed by atoms with Gasteiger partial charge < -0.3 is 14.4 Å². The van der Waals surface area contributed by atoms with Gasteiger partial charge in [0.05, 0.1) is 12.1 Å².